The van der Waals surface area contributed by atoms with Gasteiger partial charge in [0.25, 0.3) is 0 Å². The quantitative estimate of drug-likeness (QED) is 0.424. The van der Waals surface area contributed by atoms with E-state index < -0.39 is 6.23 Å². The van der Waals surface area contributed by atoms with Crippen LogP contribution < -0.4 is 23.8 Å². The number of aliphatic hydroxyl groups is 1. The van der Waals surface area contributed by atoms with Gasteiger partial charge in [0, 0.05) is 0 Å². The van der Waals surface area contributed by atoms with Crippen molar-refractivity contribution in [3.8, 4) is 23.0 Å². The van der Waals surface area contributed by atoms with Crippen LogP contribution in [0.25, 0.3) is 0 Å². The lowest BCUT2D eigenvalue weighted by molar-refractivity contribution is 0.0341. The number of fused-ring (bicyclic) bond motifs is 1. The van der Waals surface area contributed by atoms with Gasteiger partial charge in [0.1, 0.15) is 18.6 Å². The Bertz CT molecular complexity index is 966. The number of anilines is 1. The number of allylic oxidation sites excluding steroid dienone is 1. The molecule has 2 aromatic rings. The van der Waals surface area contributed by atoms with Crippen LogP contribution in [-0.2, 0) is 0 Å². The fraction of sp³-hybridized carbons (Fsp3) is 0.500. The number of hydrogen-bond acceptors (Lipinski definition) is 7. The van der Waals surface area contributed by atoms with Crippen molar-refractivity contribution in [2.75, 3.05) is 45.9 Å². The van der Waals surface area contributed by atoms with Gasteiger partial charge in [-0.2, -0.15) is 0 Å². The van der Waals surface area contributed by atoms with Gasteiger partial charge in [-0.1, -0.05) is 31.6 Å². The van der Waals surface area contributed by atoms with Gasteiger partial charge in [0.15, 0.2) is 11.5 Å². The molecule has 0 fully saturated rings. The lowest BCUT2D eigenvalue weighted by atomic mass is 9.97. The van der Waals surface area contributed by atoms with E-state index in [9.17, 15) is 5.11 Å². The van der Waals surface area contributed by atoms with Crippen LogP contribution in [-0.4, -0.2) is 63.3 Å². The molecule has 2 aromatic carbocycles. The SMILES string of the molecule is C=C(C)CCC(C(O)N1c2ccccc2OCC1c1cc(OC)c(OC)c(OC)c1)N(CC)CC. The molecule has 0 saturated carbocycles. The van der Waals surface area contributed by atoms with Crippen molar-refractivity contribution in [2.24, 2.45) is 0 Å². The van der Waals surface area contributed by atoms with Crippen LogP contribution in [0, 0.1) is 0 Å². The summed E-state index contributed by atoms with van der Waals surface area (Å²) >= 11 is 0. The second-order valence-corrected chi connectivity index (χ2v) is 8.86. The molecule has 1 aliphatic heterocycles. The average molecular weight is 485 g/mol. The molecular weight excluding hydrogens is 444 g/mol. The van der Waals surface area contributed by atoms with Crippen LogP contribution in [0.5, 0.6) is 23.0 Å². The second-order valence-electron chi connectivity index (χ2n) is 8.86. The van der Waals surface area contributed by atoms with E-state index in [2.05, 4.69) is 30.2 Å². The van der Waals surface area contributed by atoms with Crippen LogP contribution in [0.2, 0.25) is 0 Å². The summed E-state index contributed by atoms with van der Waals surface area (Å²) in [6.07, 6.45) is 0.877. The zero-order valence-electron chi connectivity index (χ0n) is 21.9. The Labute approximate surface area is 209 Å². The predicted molar refractivity (Wildman–Crippen MR) is 140 cm³/mol. The summed E-state index contributed by atoms with van der Waals surface area (Å²) in [5.74, 6) is 2.43. The van der Waals surface area contributed by atoms with Gasteiger partial charge in [0.05, 0.1) is 39.1 Å². The van der Waals surface area contributed by atoms with Crippen LogP contribution in [0.15, 0.2) is 48.6 Å². The van der Waals surface area contributed by atoms with Crippen LogP contribution in [0.3, 0.4) is 0 Å². The Morgan fingerprint density at radius 1 is 1.11 bits per heavy atom. The van der Waals surface area contributed by atoms with E-state index in [0.717, 1.165) is 48.5 Å². The third-order valence-corrected chi connectivity index (χ3v) is 6.73. The monoisotopic (exact) mass is 484 g/mol. The molecule has 0 aliphatic carbocycles. The summed E-state index contributed by atoms with van der Waals surface area (Å²) in [6.45, 7) is 12.4. The predicted octanol–water partition coefficient (Wildman–Crippen LogP) is 5.04. The molecule has 192 valence electrons. The van der Waals surface area contributed by atoms with E-state index in [-0.39, 0.29) is 12.1 Å². The average Bonchev–Trinajstić information content (AvgIpc) is 2.88. The summed E-state index contributed by atoms with van der Waals surface area (Å²) in [6, 6.07) is 11.4. The van der Waals surface area contributed by atoms with E-state index in [1.165, 1.54) is 0 Å². The number of hydrogen-bond donors (Lipinski definition) is 1. The summed E-state index contributed by atoms with van der Waals surface area (Å²) in [5.41, 5.74) is 2.88. The largest absolute Gasteiger partial charge is 0.493 e. The number of methoxy groups -OCH3 is 3. The molecule has 1 aliphatic rings. The lowest BCUT2D eigenvalue weighted by Crippen LogP contribution is -2.55. The Morgan fingerprint density at radius 2 is 1.74 bits per heavy atom. The number of para-hydroxylation sites is 2. The Kier molecular flexibility index (Phi) is 9.29. The third kappa shape index (κ3) is 5.68. The molecule has 1 N–H and O–H groups in total. The summed E-state index contributed by atoms with van der Waals surface area (Å²) in [7, 11) is 4.80. The smallest absolute Gasteiger partial charge is 0.203 e. The number of ether oxygens (including phenoxy) is 4. The van der Waals surface area contributed by atoms with E-state index in [1.54, 1.807) is 21.3 Å². The summed E-state index contributed by atoms with van der Waals surface area (Å²) in [5, 5.41) is 12.0. The van der Waals surface area contributed by atoms with Gasteiger partial charge in [-0.3, -0.25) is 4.90 Å². The van der Waals surface area contributed by atoms with Crippen molar-refractivity contribution in [1.29, 1.82) is 0 Å². The minimum absolute atomic E-state index is 0.0857. The molecule has 3 rings (SSSR count). The summed E-state index contributed by atoms with van der Waals surface area (Å²) in [4.78, 5) is 4.40. The molecule has 0 saturated heterocycles. The van der Waals surface area contributed by atoms with Crippen molar-refractivity contribution in [3.63, 3.8) is 0 Å². The maximum absolute atomic E-state index is 12.0. The molecule has 0 radical (unpaired) electrons. The Morgan fingerprint density at radius 3 is 2.29 bits per heavy atom. The van der Waals surface area contributed by atoms with Crippen molar-refractivity contribution in [2.45, 2.75) is 51.9 Å². The maximum atomic E-state index is 12.0. The highest BCUT2D eigenvalue weighted by molar-refractivity contribution is 5.63. The number of likely N-dealkylation sites (N-methyl/N-ethyl adjacent to an activating group) is 1. The third-order valence-electron chi connectivity index (χ3n) is 6.73. The van der Waals surface area contributed by atoms with Crippen molar-refractivity contribution < 1.29 is 24.1 Å². The van der Waals surface area contributed by atoms with E-state index in [0.29, 0.717) is 23.9 Å². The number of nitrogens with zero attached hydrogens (tertiary/aromatic N) is 2. The van der Waals surface area contributed by atoms with Crippen LogP contribution in [0.1, 0.15) is 45.2 Å². The Hall–Kier alpha value is -2.90. The van der Waals surface area contributed by atoms with Gasteiger partial charge in [-0.25, -0.2) is 0 Å². The molecule has 35 heavy (non-hydrogen) atoms. The molecule has 7 heteroatoms. The standard InChI is InChI=1S/C28H40N2O5/c1-8-29(9-2)22(15-14-19(3)4)28(31)30-21-12-10-11-13-24(21)35-18-23(30)20-16-25(32-5)27(34-7)26(17-20)33-6/h10-13,16-17,22-23,28,31H,3,8-9,14-15,18H2,1-2,4-7H3. The fourth-order valence-electron chi connectivity index (χ4n) is 4.88. The molecule has 1 heterocycles. The minimum Gasteiger partial charge on any atom is -0.493 e. The number of aliphatic hydroxyl groups excluding tert-OH is 1. The van der Waals surface area contributed by atoms with Crippen molar-refractivity contribution >= 4 is 5.69 Å². The zero-order valence-corrected chi connectivity index (χ0v) is 21.9. The molecule has 0 aromatic heterocycles. The van der Waals surface area contributed by atoms with Crippen molar-refractivity contribution in [3.05, 3.63) is 54.1 Å². The van der Waals surface area contributed by atoms with E-state index in [4.69, 9.17) is 18.9 Å². The highest BCUT2D eigenvalue weighted by atomic mass is 16.5. The van der Waals surface area contributed by atoms with Gasteiger partial charge in [-0.05, 0) is 62.7 Å². The molecular formula is C28H40N2O5. The Balaban J connectivity index is 2.12. The molecule has 0 bridgehead atoms. The lowest BCUT2D eigenvalue weighted by Gasteiger charge is -2.46. The maximum Gasteiger partial charge on any atom is 0.203 e. The first kappa shape index (κ1) is 26.7. The number of rotatable bonds is 12. The van der Waals surface area contributed by atoms with E-state index in [1.807, 2.05) is 43.3 Å². The minimum atomic E-state index is -0.775. The normalized spacial score (nSPS) is 16.8. The highest BCUT2D eigenvalue weighted by Crippen LogP contribution is 2.45. The molecule has 3 atom stereocenters. The van der Waals surface area contributed by atoms with Gasteiger partial charge in [0.2, 0.25) is 5.75 Å². The molecule has 3 unspecified atom stereocenters. The van der Waals surface area contributed by atoms with Gasteiger partial charge < -0.3 is 29.0 Å². The first-order chi connectivity index (χ1) is 16.9. The van der Waals surface area contributed by atoms with E-state index >= 15 is 0 Å². The number of benzene rings is 2. The van der Waals surface area contributed by atoms with Crippen LogP contribution in [0.4, 0.5) is 5.69 Å². The topological polar surface area (TPSA) is 63.6 Å². The molecule has 7 nitrogen and oxygen atoms in total. The molecule has 0 spiro atoms. The summed E-state index contributed by atoms with van der Waals surface area (Å²) < 4.78 is 22.9. The molecule has 0 amide bonds. The van der Waals surface area contributed by atoms with Crippen LogP contribution >= 0.6 is 0 Å². The zero-order chi connectivity index (χ0) is 25.5. The highest BCUT2D eigenvalue weighted by Gasteiger charge is 2.39. The van der Waals surface area contributed by atoms with Gasteiger partial charge >= 0.3 is 0 Å². The fourth-order valence-corrected chi connectivity index (χ4v) is 4.88. The second kappa shape index (κ2) is 12.2. The van der Waals surface area contributed by atoms with Gasteiger partial charge in [-0.15, -0.1) is 6.58 Å². The van der Waals surface area contributed by atoms with Crippen molar-refractivity contribution in [1.82, 2.24) is 4.90 Å². The first-order valence-corrected chi connectivity index (χ1v) is 12.3. The first-order valence-electron chi connectivity index (χ1n) is 12.3.